The molecule has 2 aliphatic rings. The number of nitrogens with one attached hydrogen (secondary N) is 1. The van der Waals surface area contributed by atoms with Crippen LogP contribution in [0.15, 0.2) is 0 Å². The minimum Gasteiger partial charge on any atom is -0.313 e. The van der Waals surface area contributed by atoms with Crippen molar-refractivity contribution in [1.82, 2.24) is 15.1 Å². The lowest BCUT2D eigenvalue weighted by Gasteiger charge is -2.30. The molecule has 2 fully saturated rings. The summed E-state index contributed by atoms with van der Waals surface area (Å²) in [5.74, 6) is 0. The summed E-state index contributed by atoms with van der Waals surface area (Å²) in [6.45, 7) is 8.63. The molecule has 0 saturated carbocycles. The Kier molecular flexibility index (Phi) is 4.00. The second-order valence-corrected chi connectivity index (χ2v) is 5.25. The van der Waals surface area contributed by atoms with Crippen LogP contribution < -0.4 is 5.32 Å². The summed E-state index contributed by atoms with van der Waals surface area (Å²) >= 11 is 0. The minimum atomic E-state index is 0.722. The van der Waals surface area contributed by atoms with Gasteiger partial charge in [-0.05, 0) is 52.9 Å². The molecule has 1 N–H and O–H groups in total. The van der Waals surface area contributed by atoms with Crippen LogP contribution >= 0.6 is 0 Å². The van der Waals surface area contributed by atoms with Crippen LogP contribution in [0, 0.1) is 0 Å². The maximum absolute atomic E-state index is 3.60. The highest BCUT2D eigenvalue weighted by Gasteiger charge is 2.23. The van der Waals surface area contributed by atoms with Crippen LogP contribution in [0.1, 0.15) is 26.2 Å². The van der Waals surface area contributed by atoms with Crippen molar-refractivity contribution >= 4 is 0 Å². The maximum atomic E-state index is 3.60. The fourth-order valence-corrected chi connectivity index (χ4v) is 2.89. The molecule has 2 aliphatic heterocycles. The minimum absolute atomic E-state index is 0.722. The molecule has 3 heteroatoms. The molecule has 0 aromatic heterocycles. The molecule has 0 aromatic rings. The van der Waals surface area contributed by atoms with Crippen LogP contribution in [0.4, 0.5) is 0 Å². The van der Waals surface area contributed by atoms with Gasteiger partial charge in [-0.1, -0.05) is 0 Å². The number of nitrogens with zero attached hydrogens (tertiary/aromatic N) is 2. The molecule has 2 heterocycles. The molecule has 2 atom stereocenters. The number of hydrogen-bond acceptors (Lipinski definition) is 3. The van der Waals surface area contributed by atoms with Gasteiger partial charge in [-0.2, -0.15) is 0 Å². The molecule has 2 rings (SSSR count). The van der Waals surface area contributed by atoms with E-state index in [9.17, 15) is 0 Å². The Labute approximate surface area is 93.8 Å². The Balaban J connectivity index is 1.83. The first-order valence-electron chi connectivity index (χ1n) is 6.41. The van der Waals surface area contributed by atoms with Crippen molar-refractivity contribution in [3.8, 4) is 0 Å². The first kappa shape index (κ1) is 11.4. The van der Waals surface area contributed by atoms with Gasteiger partial charge in [-0.3, -0.25) is 4.90 Å². The van der Waals surface area contributed by atoms with Crippen molar-refractivity contribution in [2.24, 2.45) is 0 Å². The fourth-order valence-electron chi connectivity index (χ4n) is 2.89. The molecule has 0 spiro atoms. The third-order valence-electron chi connectivity index (χ3n) is 3.80. The SMILES string of the molecule is CC1CN(C)CCCN1CC1CCCN1. The summed E-state index contributed by atoms with van der Waals surface area (Å²) in [6, 6.07) is 1.48. The van der Waals surface area contributed by atoms with Gasteiger partial charge in [0.15, 0.2) is 0 Å². The van der Waals surface area contributed by atoms with Crippen LogP contribution in [-0.2, 0) is 0 Å². The van der Waals surface area contributed by atoms with Crippen molar-refractivity contribution < 1.29 is 0 Å². The highest BCUT2D eigenvalue weighted by molar-refractivity contribution is 4.82. The maximum Gasteiger partial charge on any atom is 0.0195 e. The van der Waals surface area contributed by atoms with E-state index in [4.69, 9.17) is 0 Å². The van der Waals surface area contributed by atoms with E-state index in [1.54, 1.807) is 0 Å². The summed E-state index contributed by atoms with van der Waals surface area (Å²) in [4.78, 5) is 5.14. The lowest BCUT2D eigenvalue weighted by molar-refractivity contribution is 0.187. The largest absolute Gasteiger partial charge is 0.313 e. The second-order valence-electron chi connectivity index (χ2n) is 5.25. The van der Waals surface area contributed by atoms with Crippen LogP contribution in [0.5, 0.6) is 0 Å². The topological polar surface area (TPSA) is 18.5 Å². The van der Waals surface area contributed by atoms with Gasteiger partial charge >= 0.3 is 0 Å². The van der Waals surface area contributed by atoms with Crippen molar-refractivity contribution in [2.75, 3.05) is 39.8 Å². The normalized spacial score (nSPS) is 35.6. The van der Waals surface area contributed by atoms with E-state index >= 15 is 0 Å². The van der Waals surface area contributed by atoms with E-state index in [1.165, 1.54) is 52.0 Å². The third kappa shape index (κ3) is 3.16. The van der Waals surface area contributed by atoms with E-state index in [0.29, 0.717) is 0 Å². The van der Waals surface area contributed by atoms with Crippen LogP contribution in [-0.4, -0.2) is 61.7 Å². The van der Waals surface area contributed by atoms with E-state index in [1.807, 2.05) is 0 Å². The number of likely N-dealkylation sites (N-methyl/N-ethyl adjacent to an activating group) is 1. The molecular weight excluding hydrogens is 186 g/mol. The van der Waals surface area contributed by atoms with Crippen LogP contribution in [0.2, 0.25) is 0 Å². The summed E-state index contributed by atoms with van der Waals surface area (Å²) in [5.41, 5.74) is 0. The van der Waals surface area contributed by atoms with E-state index < -0.39 is 0 Å². The summed E-state index contributed by atoms with van der Waals surface area (Å²) < 4.78 is 0. The van der Waals surface area contributed by atoms with Crippen LogP contribution in [0.25, 0.3) is 0 Å². The van der Waals surface area contributed by atoms with Gasteiger partial charge in [0.25, 0.3) is 0 Å². The molecular formula is C12H25N3. The van der Waals surface area contributed by atoms with Gasteiger partial charge < -0.3 is 10.2 Å². The number of hydrogen-bond donors (Lipinski definition) is 1. The molecule has 0 radical (unpaired) electrons. The first-order chi connectivity index (χ1) is 7.25. The van der Waals surface area contributed by atoms with Gasteiger partial charge in [-0.25, -0.2) is 0 Å². The van der Waals surface area contributed by atoms with Gasteiger partial charge in [-0.15, -0.1) is 0 Å². The molecule has 0 bridgehead atoms. The monoisotopic (exact) mass is 211 g/mol. The Bertz CT molecular complexity index is 189. The van der Waals surface area contributed by atoms with Crippen molar-refractivity contribution in [1.29, 1.82) is 0 Å². The highest BCUT2D eigenvalue weighted by Crippen LogP contribution is 2.12. The molecule has 3 nitrogen and oxygen atoms in total. The summed E-state index contributed by atoms with van der Waals surface area (Å²) in [7, 11) is 2.24. The Morgan fingerprint density at radius 2 is 2.13 bits per heavy atom. The number of rotatable bonds is 2. The zero-order chi connectivity index (χ0) is 10.7. The van der Waals surface area contributed by atoms with E-state index in [-0.39, 0.29) is 0 Å². The van der Waals surface area contributed by atoms with Crippen molar-refractivity contribution in [3.63, 3.8) is 0 Å². The summed E-state index contributed by atoms with van der Waals surface area (Å²) in [6.07, 6.45) is 4.07. The Morgan fingerprint density at radius 3 is 2.87 bits per heavy atom. The van der Waals surface area contributed by atoms with Crippen molar-refractivity contribution in [3.05, 3.63) is 0 Å². The van der Waals surface area contributed by atoms with Gasteiger partial charge in [0.1, 0.15) is 0 Å². The Hall–Kier alpha value is -0.120. The quantitative estimate of drug-likeness (QED) is 0.728. The molecule has 0 amide bonds. The molecule has 15 heavy (non-hydrogen) atoms. The van der Waals surface area contributed by atoms with Gasteiger partial charge in [0.2, 0.25) is 0 Å². The fraction of sp³-hybridized carbons (Fsp3) is 1.00. The predicted molar refractivity (Wildman–Crippen MR) is 64.2 cm³/mol. The first-order valence-corrected chi connectivity index (χ1v) is 6.41. The second kappa shape index (κ2) is 5.28. The molecule has 2 unspecified atom stereocenters. The van der Waals surface area contributed by atoms with Gasteiger partial charge in [0.05, 0.1) is 0 Å². The lowest BCUT2D eigenvalue weighted by atomic mass is 10.2. The van der Waals surface area contributed by atoms with Crippen LogP contribution in [0.3, 0.4) is 0 Å². The standard InChI is InChI=1S/C12H25N3/c1-11-9-14(2)7-4-8-15(11)10-12-5-3-6-13-12/h11-13H,3-10H2,1-2H3. The smallest absolute Gasteiger partial charge is 0.0195 e. The van der Waals surface area contributed by atoms with Crippen molar-refractivity contribution in [2.45, 2.75) is 38.3 Å². The highest BCUT2D eigenvalue weighted by atomic mass is 15.2. The molecule has 0 aliphatic carbocycles. The predicted octanol–water partition coefficient (Wildman–Crippen LogP) is 0.764. The van der Waals surface area contributed by atoms with E-state index in [0.717, 1.165) is 12.1 Å². The molecule has 0 aromatic carbocycles. The molecule has 2 saturated heterocycles. The average Bonchev–Trinajstić information content (AvgIpc) is 2.63. The van der Waals surface area contributed by atoms with E-state index in [2.05, 4.69) is 29.1 Å². The lowest BCUT2D eigenvalue weighted by Crippen LogP contribution is -2.44. The molecule has 88 valence electrons. The third-order valence-corrected chi connectivity index (χ3v) is 3.80. The Morgan fingerprint density at radius 1 is 1.27 bits per heavy atom. The zero-order valence-corrected chi connectivity index (χ0v) is 10.2. The average molecular weight is 211 g/mol. The van der Waals surface area contributed by atoms with Gasteiger partial charge in [0, 0.05) is 25.2 Å². The zero-order valence-electron chi connectivity index (χ0n) is 10.2. The summed E-state index contributed by atoms with van der Waals surface area (Å²) in [5, 5.41) is 3.60.